The minimum absolute atomic E-state index is 0.0900. The molecule has 0 atom stereocenters. The Morgan fingerprint density at radius 1 is 0.829 bits per heavy atom. The van der Waals surface area contributed by atoms with E-state index in [-0.39, 0.29) is 16.3 Å². The van der Waals surface area contributed by atoms with E-state index in [1.807, 2.05) is 30.3 Å². The molecule has 5 aromatic rings. The second kappa shape index (κ2) is 8.48. The first-order valence-corrected chi connectivity index (χ1v) is 12.3. The molecule has 0 aliphatic heterocycles. The quantitative estimate of drug-likeness (QED) is 0.353. The van der Waals surface area contributed by atoms with Crippen LogP contribution in [0.3, 0.4) is 0 Å². The fourth-order valence-electron chi connectivity index (χ4n) is 4.06. The molecule has 0 saturated heterocycles. The van der Waals surface area contributed by atoms with E-state index in [1.165, 1.54) is 21.3 Å². The first-order chi connectivity index (χ1) is 16.8. The highest BCUT2D eigenvalue weighted by atomic mass is 32.2. The zero-order valence-corrected chi connectivity index (χ0v) is 19.8. The third kappa shape index (κ3) is 3.97. The number of imidazole rings is 1. The number of aromatic nitrogens is 2. The lowest BCUT2D eigenvalue weighted by atomic mass is 10.1. The summed E-state index contributed by atoms with van der Waals surface area (Å²) >= 11 is 0. The van der Waals surface area contributed by atoms with E-state index < -0.39 is 15.6 Å². The molecule has 2 N–H and O–H groups in total. The van der Waals surface area contributed by atoms with Crippen LogP contribution in [0.4, 0.5) is 11.4 Å². The number of sulfonamides is 1. The van der Waals surface area contributed by atoms with Crippen LogP contribution < -0.4 is 21.4 Å². The van der Waals surface area contributed by atoms with Crippen LogP contribution in [-0.4, -0.2) is 17.6 Å². The molecule has 0 unspecified atom stereocenters. The summed E-state index contributed by atoms with van der Waals surface area (Å²) in [5.74, 6) is 0. The van der Waals surface area contributed by atoms with Crippen LogP contribution in [0.15, 0.2) is 91.7 Å². The molecule has 2 heterocycles. The molecule has 10 heteroatoms. The van der Waals surface area contributed by atoms with Gasteiger partial charge in [0.2, 0.25) is 0 Å². The van der Waals surface area contributed by atoms with Crippen LogP contribution in [0.2, 0.25) is 0 Å². The Kier molecular flexibility index (Phi) is 5.45. The number of rotatable bonds is 6. The number of para-hydroxylation sites is 1. The molecule has 2 aromatic heterocycles. The van der Waals surface area contributed by atoms with Crippen molar-refractivity contribution in [2.75, 3.05) is 10.0 Å². The molecular weight excluding hydrogens is 468 g/mol. The Morgan fingerprint density at radius 2 is 1.51 bits per heavy atom. The van der Waals surface area contributed by atoms with Gasteiger partial charge in [-0.1, -0.05) is 42.5 Å². The largest absolute Gasteiger partial charge is 0.421 e. The second-order valence-corrected chi connectivity index (χ2v) is 9.81. The maximum Gasteiger partial charge on any atom is 0.363 e. The smallest absolute Gasteiger partial charge is 0.363 e. The number of aryl methyl sites for hydroxylation is 2. The summed E-state index contributed by atoms with van der Waals surface area (Å²) in [4.78, 5) is 25.1. The highest BCUT2D eigenvalue weighted by Gasteiger charge is 2.23. The van der Waals surface area contributed by atoms with Gasteiger partial charge >= 0.3 is 11.3 Å². The lowest BCUT2D eigenvalue weighted by molar-refractivity contribution is 0.563. The van der Waals surface area contributed by atoms with Crippen LogP contribution in [0.5, 0.6) is 0 Å². The maximum absolute atomic E-state index is 13.3. The molecule has 0 bridgehead atoms. The van der Waals surface area contributed by atoms with Crippen LogP contribution in [0.25, 0.3) is 22.0 Å². The Labute approximate surface area is 200 Å². The summed E-state index contributed by atoms with van der Waals surface area (Å²) in [6, 6.07) is 20.8. The SMILES string of the molecule is Cn1c(=O)n(C)c2cc(S(=O)(=O)Nc3c(NCc4ccccc4)c4ccccc4oc3=O)ccc21. The monoisotopic (exact) mass is 490 g/mol. The van der Waals surface area contributed by atoms with E-state index in [0.717, 1.165) is 5.56 Å². The lowest BCUT2D eigenvalue weighted by Gasteiger charge is -2.15. The summed E-state index contributed by atoms with van der Waals surface area (Å²) in [5, 5.41) is 3.76. The average molecular weight is 491 g/mol. The molecule has 0 spiro atoms. The van der Waals surface area contributed by atoms with E-state index in [9.17, 15) is 18.0 Å². The molecule has 0 radical (unpaired) electrons. The number of fused-ring (bicyclic) bond motifs is 2. The van der Waals surface area contributed by atoms with Gasteiger partial charge in [0.1, 0.15) is 5.58 Å². The molecule has 0 fully saturated rings. The summed E-state index contributed by atoms with van der Waals surface area (Å²) in [6.45, 7) is 0.362. The van der Waals surface area contributed by atoms with Gasteiger partial charge in [-0.2, -0.15) is 0 Å². The van der Waals surface area contributed by atoms with Crippen LogP contribution in [-0.2, 0) is 30.7 Å². The number of benzene rings is 3. The van der Waals surface area contributed by atoms with Crippen molar-refractivity contribution in [1.29, 1.82) is 0 Å². The van der Waals surface area contributed by atoms with Crippen LogP contribution in [0, 0.1) is 0 Å². The zero-order valence-electron chi connectivity index (χ0n) is 19.0. The van der Waals surface area contributed by atoms with Crippen LogP contribution >= 0.6 is 0 Å². The van der Waals surface area contributed by atoms with Gasteiger partial charge in [0, 0.05) is 26.0 Å². The van der Waals surface area contributed by atoms with Gasteiger partial charge in [0.15, 0.2) is 5.69 Å². The van der Waals surface area contributed by atoms with Crippen molar-refractivity contribution in [3.63, 3.8) is 0 Å². The topological polar surface area (TPSA) is 115 Å². The van der Waals surface area contributed by atoms with Gasteiger partial charge in [-0.05, 0) is 35.9 Å². The highest BCUT2D eigenvalue weighted by molar-refractivity contribution is 7.92. The van der Waals surface area contributed by atoms with Gasteiger partial charge in [-0.3, -0.25) is 13.9 Å². The molecule has 178 valence electrons. The highest BCUT2D eigenvalue weighted by Crippen LogP contribution is 2.31. The molecular formula is C25H22N4O5S. The lowest BCUT2D eigenvalue weighted by Crippen LogP contribution is -2.21. The summed E-state index contributed by atoms with van der Waals surface area (Å²) in [5.41, 5.74) is 1.33. The predicted molar refractivity (Wildman–Crippen MR) is 135 cm³/mol. The van der Waals surface area contributed by atoms with E-state index in [0.29, 0.717) is 34.2 Å². The standard InChI is InChI=1S/C25H22N4O5S/c1-28-19-13-12-17(14-20(19)29(2)25(28)31)35(32,33)27-23-22(26-15-16-8-4-3-5-9-16)18-10-6-7-11-21(18)34-24(23)30/h3-14,26-27H,15H2,1-2H3. The Bertz CT molecular complexity index is 1800. The minimum Gasteiger partial charge on any atom is -0.421 e. The second-order valence-electron chi connectivity index (χ2n) is 8.13. The molecule has 0 saturated carbocycles. The van der Waals surface area contributed by atoms with Crippen molar-refractivity contribution >= 4 is 43.4 Å². The number of anilines is 2. The fraction of sp³-hybridized carbons (Fsp3) is 0.120. The Morgan fingerprint density at radius 3 is 2.29 bits per heavy atom. The number of hydrogen-bond donors (Lipinski definition) is 2. The number of hydrogen-bond acceptors (Lipinski definition) is 6. The normalized spacial score (nSPS) is 11.7. The number of nitrogens with one attached hydrogen (secondary N) is 2. The number of nitrogens with zero attached hydrogens (tertiary/aromatic N) is 2. The first-order valence-electron chi connectivity index (χ1n) is 10.8. The van der Waals surface area contributed by atoms with Crippen molar-refractivity contribution in [1.82, 2.24) is 9.13 Å². The molecule has 35 heavy (non-hydrogen) atoms. The minimum atomic E-state index is -4.20. The summed E-state index contributed by atoms with van der Waals surface area (Å²) in [6.07, 6.45) is 0. The third-order valence-corrected chi connectivity index (χ3v) is 7.26. The molecule has 5 rings (SSSR count). The van der Waals surface area contributed by atoms with Crippen molar-refractivity contribution in [3.8, 4) is 0 Å². The summed E-state index contributed by atoms with van der Waals surface area (Å²) < 4.78 is 37.3. The van der Waals surface area contributed by atoms with Crippen LogP contribution in [0.1, 0.15) is 5.56 Å². The van der Waals surface area contributed by atoms with E-state index in [4.69, 9.17) is 4.42 Å². The maximum atomic E-state index is 13.3. The third-order valence-electron chi connectivity index (χ3n) is 5.92. The average Bonchev–Trinajstić information content (AvgIpc) is 3.08. The Hall–Kier alpha value is -4.31. The van der Waals surface area contributed by atoms with E-state index in [1.54, 1.807) is 44.4 Å². The van der Waals surface area contributed by atoms with Gasteiger partial charge in [0.05, 0.1) is 21.6 Å². The molecule has 0 aliphatic carbocycles. The molecule has 0 amide bonds. The zero-order chi connectivity index (χ0) is 24.7. The van der Waals surface area contributed by atoms with Crippen molar-refractivity contribution in [2.45, 2.75) is 11.4 Å². The van der Waals surface area contributed by atoms with E-state index >= 15 is 0 Å². The first kappa shape index (κ1) is 22.5. The van der Waals surface area contributed by atoms with Gasteiger partial charge in [-0.25, -0.2) is 18.0 Å². The van der Waals surface area contributed by atoms with Gasteiger partial charge in [0.25, 0.3) is 10.0 Å². The Balaban J connectivity index is 1.60. The van der Waals surface area contributed by atoms with Crippen molar-refractivity contribution in [2.24, 2.45) is 14.1 Å². The molecule has 9 nitrogen and oxygen atoms in total. The van der Waals surface area contributed by atoms with Crippen molar-refractivity contribution in [3.05, 3.63) is 99.3 Å². The molecule has 3 aromatic carbocycles. The van der Waals surface area contributed by atoms with Crippen molar-refractivity contribution < 1.29 is 12.8 Å². The van der Waals surface area contributed by atoms with Gasteiger partial charge in [-0.15, -0.1) is 0 Å². The molecule has 0 aliphatic rings. The van der Waals surface area contributed by atoms with Gasteiger partial charge < -0.3 is 9.73 Å². The summed E-state index contributed by atoms with van der Waals surface area (Å²) in [7, 11) is -1.02. The predicted octanol–water partition coefficient (Wildman–Crippen LogP) is 3.40. The fourth-order valence-corrected chi connectivity index (χ4v) is 5.15. The van der Waals surface area contributed by atoms with E-state index in [2.05, 4.69) is 10.0 Å².